The lowest BCUT2D eigenvalue weighted by Gasteiger charge is -2.39. The molecule has 1 aliphatic heterocycles. The Hall–Kier alpha value is -0.0800. The number of nitrogens with one attached hydrogen (secondary N) is 1. The van der Waals surface area contributed by atoms with Gasteiger partial charge in [0.2, 0.25) is 0 Å². The van der Waals surface area contributed by atoms with Gasteiger partial charge in [-0.1, -0.05) is 39.0 Å². The summed E-state index contributed by atoms with van der Waals surface area (Å²) < 4.78 is 6.13. The Morgan fingerprint density at radius 2 is 1.95 bits per heavy atom. The molecule has 3 rings (SSSR count). The molecular formula is C18H33NO. The van der Waals surface area contributed by atoms with Gasteiger partial charge in [-0.05, 0) is 56.9 Å². The van der Waals surface area contributed by atoms with Gasteiger partial charge in [0.1, 0.15) is 0 Å². The standard InChI is InChI=1S/C18H33NO/c1-15-5-4-6-16(13-15)7-11-19-17-8-12-20-18(14-17)9-2-3-10-18/h15-17,19H,2-14H2,1H3. The van der Waals surface area contributed by atoms with Crippen LogP contribution in [0.2, 0.25) is 0 Å². The number of rotatable bonds is 4. The molecule has 0 aromatic heterocycles. The van der Waals surface area contributed by atoms with Crippen LogP contribution in [0.1, 0.15) is 77.6 Å². The van der Waals surface area contributed by atoms with E-state index in [9.17, 15) is 0 Å². The Morgan fingerprint density at radius 3 is 2.75 bits per heavy atom. The minimum Gasteiger partial charge on any atom is -0.375 e. The molecule has 2 nitrogen and oxygen atoms in total. The fourth-order valence-electron chi connectivity index (χ4n) is 4.88. The third kappa shape index (κ3) is 3.76. The zero-order valence-electron chi connectivity index (χ0n) is 13.3. The second-order valence-electron chi connectivity index (χ2n) is 7.81. The molecular weight excluding hydrogens is 246 g/mol. The van der Waals surface area contributed by atoms with Crippen molar-refractivity contribution in [2.75, 3.05) is 13.2 Å². The van der Waals surface area contributed by atoms with E-state index in [2.05, 4.69) is 12.2 Å². The molecule has 2 heteroatoms. The van der Waals surface area contributed by atoms with Gasteiger partial charge in [-0.3, -0.25) is 0 Å². The van der Waals surface area contributed by atoms with Crippen molar-refractivity contribution in [3.05, 3.63) is 0 Å². The van der Waals surface area contributed by atoms with Crippen LogP contribution in [0, 0.1) is 11.8 Å². The van der Waals surface area contributed by atoms with E-state index in [1.807, 2.05) is 0 Å². The SMILES string of the molecule is CC1CCCC(CCNC2CCOC3(CCCC3)C2)C1. The summed E-state index contributed by atoms with van der Waals surface area (Å²) in [4.78, 5) is 0. The molecule has 0 aromatic rings. The van der Waals surface area contributed by atoms with Gasteiger partial charge in [-0.2, -0.15) is 0 Å². The maximum Gasteiger partial charge on any atom is 0.0697 e. The van der Waals surface area contributed by atoms with Crippen LogP contribution in [0.3, 0.4) is 0 Å². The van der Waals surface area contributed by atoms with Crippen molar-refractivity contribution in [1.82, 2.24) is 5.32 Å². The van der Waals surface area contributed by atoms with E-state index in [0.29, 0.717) is 0 Å². The van der Waals surface area contributed by atoms with E-state index in [1.54, 1.807) is 0 Å². The van der Waals surface area contributed by atoms with Crippen LogP contribution in [0.25, 0.3) is 0 Å². The maximum absolute atomic E-state index is 6.13. The topological polar surface area (TPSA) is 21.3 Å². The molecule has 0 amide bonds. The van der Waals surface area contributed by atoms with E-state index in [-0.39, 0.29) is 5.60 Å². The van der Waals surface area contributed by atoms with Crippen LogP contribution in [-0.4, -0.2) is 24.8 Å². The largest absolute Gasteiger partial charge is 0.375 e. The Labute approximate surface area is 125 Å². The van der Waals surface area contributed by atoms with Crippen molar-refractivity contribution in [3.8, 4) is 0 Å². The first-order valence-corrected chi connectivity index (χ1v) is 9.13. The van der Waals surface area contributed by atoms with Gasteiger partial charge >= 0.3 is 0 Å². The summed E-state index contributed by atoms with van der Waals surface area (Å²) in [7, 11) is 0. The minimum absolute atomic E-state index is 0.273. The van der Waals surface area contributed by atoms with Crippen LogP contribution in [0.15, 0.2) is 0 Å². The molecule has 3 aliphatic rings. The summed E-state index contributed by atoms with van der Waals surface area (Å²) in [6, 6.07) is 0.725. The Morgan fingerprint density at radius 1 is 1.10 bits per heavy atom. The van der Waals surface area contributed by atoms with Gasteiger partial charge in [0.15, 0.2) is 0 Å². The van der Waals surface area contributed by atoms with E-state index < -0.39 is 0 Å². The number of ether oxygens (including phenoxy) is 1. The molecule has 1 saturated heterocycles. The Kier molecular flexibility index (Phi) is 5.04. The van der Waals surface area contributed by atoms with Crippen molar-refractivity contribution in [1.29, 1.82) is 0 Å². The second kappa shape index (κ2) is 6.79. The Balaban J connectivity index is 1.37. The second-order valence-corrected chi connectivity index (χ2v) is 7.81. The van der Waals surface area contributed by atoms with Crippen LogP contribution in [-0.2, 0) is 4.74 Å². The molecule has 20 heavy (non-hydrogen) atoms. The molecule has 3 atom stereocenters. The molecule has 3 unspecified atom stereocenters. The van der Waals surface area contributed by atoms with Crippen molar-refractivity contribution < 1.29 is 4.74 Å². The van der Waals surface area contributed by atoms with Crippen LogP contribution >= 0.6 is 0 Å². The monoisotopic (exact) mass is 279 g/mol. The summed E-state index contributed by atoms with van der Waals surface area (Å²) in [6.45, 7) is 4.65. The van der Waals surface area contributed by atoms with Crippen molar-refractivity contribution in [3.63, 3.8) is 0 Å². The Bertz CT molecular complexity index is 298. The van der Waals surface area contributed by atoms with Crippen LogP contribution in [0.4, 0.5) is 0 Å². The average molecular weight is 279 g/mol. The third-order valence-corrected chi connectivity index (χ3v) is 6.04. The van der Waals surface area contributed by atoms with Gasteiger partial charge in [0.05, 0.1) is 5.60 Å². The smallest absolute Gasteiger partial charge is 0.0697 e. The molecule has 1 heterocycles. The summed E-state index contributed by atoms with van der Waals surface area (Å²) in [5, 5.41) is 3.85. The average Bonchev–Trinajstić information content (AvgIpc) is 2.87. The summed E-state index contributed by atoms with van der Waals surface area (Å²) in [5.74, 6) is 1.96. The molecule has 3 fully saturated rings. The highest BCUT2D eigenvalue weighted by Gasteiger charge is 2.39. The van der Waals surface area contributed by atoms with Gasteiger partial charge in [-0.15, -0.1) is 0 Å². The van der Waals surface area contributed by atoms with Crippen LogP contribution in [0.5, 0.6) is 0 Å². The van der Waals surface area contributed by atoms with Gasteiger partial charge in [-0.25, -0.2) is 0 Å². The fourth-order valence-corrected chi connectivity index (χ4v) is 4.88. The zero-order chi connectivity index (χ0) is 13.8. The predicted octanol–water partition coefficient (Wildman–Crippen LogP) is 4.28. The maximum atomic E-state index is 6.13. The highest BCUT2D eigenvalue weighted by atomic mass is 16.5. The highest BCUT2D eigenvalue weighted by molar-refractivity contribution is 4.93. The molecule has 2 saturated carbocycles. The normalized spacial score (nSPS) is 37.4. The number of hydrogen-bond acceptors (Lipinski definition) is 2. The quantitative estimate of drug-likeness (QED) is 0.829. The van der Waals surface area contributed by atoms with Crippen molar-refractivity contribution >= 4 is 0 Å². The van der Waals surface area contributed by atoms with E-state index in [0.717, 1.165) is 24.5 Å². The molecule has 2 aliphatic carbocycles. The molecule has 0 radical (unpaired) electrons. The van der Waals surface area contributed by atoms with Gasteiger partial charge in [0, 0.05) is 12.6 Å². The predicted molar refractivity (Wildman–Crippen MR) is 83.9 cm³/mol. The first kappa shape index (κ1) is 14.8. The first-order valence-electron chi connectivity index (χ1n) is 9.13. The lowest BCUT2D eigenvalue weighted by molar-refractivity contribution is -0.0836. The van der Waals surface area contributed by atoms with Crippen molar-refractivity contribution in [2.45, 2.75) is 89.2 Å². The zero-order valence-corrected chi connectivity index (χ0v) is 13.3. The molecule has 1 N–H and O–H groups in total. The van der Waals surface area contributed by atoms with E-state index in [1.165, 1.54) is 77.2 Å². The summed E-state index contributed by atoms with van der Waals surface area (Å²) >= 11 is 0. The summed E-state index contributed by atoms with van der Waals surface area (Å²) in [6.07, 6.45) is 15.2. The molecule has 116 valence electrons. The molecule has 0 aromatic carbocycles. The van der Waals surface area contributed by atoms with E-state index >= 15 is 0 Å². The van der Waals surface area contributed by atoms with Gasteiger partial charge in [0.25, 0.3) is 0 Å². The number of hydrogen-bond donors (Lipinski definition) is 1. The molecule has 1 spiro atoms. The van der Waals surface area contributed by atoms with Gasteiger partial charge < -0.3 is 10.1 Å². The highest BCUT2D eigenvalue weighted by Crippen LogP contribution is 2.40. The van der Waals surface area contributed by atoms with E-state index in [4.69, 9.17) is 4.74 Å². The molecule has 0 bridgehead atoms. The third-order valence-electron chi connectivity index (χ3n) is 6.04. The fraction of sp³-hybridized carbons (Fsp3) is 1.00. The lowest BCUT2D eigenvalue weighted by Crippen LogP contribution is -2.46. The minimum atomic E-state index is 0.273. The summed E-state index contributed by atoms with van der Waals surface area (Å²) in [5.41, 5.74) is 0.273. The van der Waals surface area contributed by atoms with Crippen molar-refractivity contribution in [2.24, 2.45) is 11.8 Å². The lowest BCUT2D eigenvalue weighted by atomic mass is 9.81. The first-order chi connectivity index (χ1) is 9.76. The van der Waals surface area contributed by atoms with Crippen LogP contribution < -0.4 is 5.32 Å².